The molecule has 0 bridgehead atoms. The second kappa shape index (κ2) is 8.33. The predicted octanol–water partition coefficient (Wildman–Crippen LogP) is 3.50. The van der Waals surface area contributed by atoms with Crippen molar-refractivity contribution >= 4 is 21.9 Å². The Hall–Kier alpha value is -0.870. The van der Waals surface area contributed by atoms with E-state index in [-0.39, 0.29) is 11.9 Å². The molecule has 0 aliphatic rings. The molecule has 0 fully saturated rings. The van der Waals surface area contributed by atoms with Gasteiger partial charge in [0.2, 0.25) is 0 Å². The van der Waals surface area contributed by atoms with Crippen molar-refractivity contribution in [1.29, 1.82) is 0 Å². The Morgan fingerprint density at radius 2 is 2.16 bits per heavy atom. The summed E-state index contributed by atoms with van der Waals surface area (Å²) in [5, 5.41) is 0. The molecule has 0 aliphatic heterocycles. The summed E-state index contributed by atoms with van der Waals surface area (Å²) in [4.78, 5) is 11.8. The van der Waals surface area contributed by atoms with Gasteiger partial charge in [0, 0.05) is 10.9 Å². The van der Waals surface area contributed by atoms with Crippen molar-refractivity contribution in [2.24, 2.45) is 17.6 Å². The number of hydrogen-bond donors (Lipinski definition) is 1. The zero-order chi connectivity index (χ0) is 14.3. The van der Waals surface area contributed by atoms with Crippen molar-refractivity contribution in [3.8, 4) is 0 Å². The number of nitrogens with two attached hydrogens (primary N) is 1. The maximum absolute atomic E-state index is 11.8. The van der Waals surface area contributed by atoms with E-state index in [0.29, 0.717) is 25.5 Å². The highest BCUT2D eigenvalue weighted by Crippen LogP contribution is 2.16. The van der Waals surface area contributed by atoms with Crippen LogP contribution in [0.2, 0.25) is 0 Å². The maximum atomic E-state index is 11.8. The molecule has 19 heavy (non-hydrogen) atoms. The third-order valence-electron chi connectivity index (χ3n) is 2.88. The van der Waals surface area contributed by atoms with Gasteiger partial charge in [-0.3, -0.25) is 4.79 Å². The molecule has 1 aromatic rings. The zero-order valence-corrected chi connectivity index (χ0v) is 13.2. The van der Waals surface area contributed by atoms with E-state index in [2.05, 4.69) is 29.8 Å². The third kappa shape index (κ3) is 6.73. The Bertz CT molecular complexity index is 407. The fourth-order valence-corrected chi connectivity index (χ4v) is 2.46. The smallest absolute Gasteiger partial charge is 0.306 e. The summed E-state index contributed by atoms with van der Waals surface area (Å²) in [6.07, 6.45) is 1.37. The van der Waals surface area contributed by atoms with Crippen molar-refractivity contribution in [3.05, 3.63) is 34.3 Å². The van der Waals surface area contributed by atoms with Gasteiger partial charge < -0.3 is 10.5 Å². The summed E-state index contributed by atoms with van der Waals surface area (Å²) in [5.41, 5.74) is 6.66. The molecule has 0 unspecified atom stereocenters. The number of benzene rings is 1. The average molecular weight is 328 g/mol. The molecule has 3 nitrogen and oxygen atoms in total. The van der Waals surface area contributed by atoms with E-state index < -0.39 is 0 Å². The first-order valence-corrected chi connectivity index (χ1v) is 7.40. The van der Waals surface area contributed by atoms with Gasteiger partial charge in [-0.2, -0.15) is 0 Å². The van der Waals surface area contributed by atoms with Gasteiger partial charge in [-0.15, -0.1) is 0 Å². The second-order valence-electron chi connectivity index (χ2n) is 5.23. The number of esters is 1. The van der Waals surface area contributed by atoms with E-state index in [1.807, 2.05) is 24.3 Å². The molecule has 2 N–H and O–H groups in total. The molecular formula is C15H22BrNO2. The Morgan fingerprint density at radius 1 is 1.42 bits per heavy atom. The van der Waals surface area contributed by atoms with Gasteiger partial charge >= 0.3 is 5.97 Å². The number of ether oxygens (including phenoxy) is 1. The zero-order valence-electron chi connectivity index (χ0n) is 11.6. The summed E-state index contributed by atoms with van der Waals surface area (Å²) in [6, 6.07) is 7.75. The highest BCUT2D eigenvalue weighted by Gasteiger charge is 2.15. The summed E-state index contributed by atoms with van der Waals surface area (Å²) in [7, 11) is 0. The molecule has 1 rings (SSSR count). The Labute approximate surface area is 123 Å². The molecule has 0 aromatic heterocycles. The minimum absolute atomic E-state index is 0.170. The van der Waals surface area contributed by atoms with Crippen LogP contribution in [0.25, 0.3) is 0 Å². The normalized spacial score (nSPS) is 12.5. The van der Waals surface area contributed by atoms with E-state index >= 15 is 0 Å². The molecular weight excluding hydrogens is 306 g/mol. The molecule has 0 saturated heterocycles. The average Bonchev–Trinajstić information content (AvgIpc) is 2.35. The molecule has 106 valence electrons. The number of carbonyl (C=O) groups is 1. The largest absolute Gasteiger partial charge is 0.461 e. The molecule has 4 heteroatoms. The summed E-state index contributed by atoms with van der Waals surface area (Å²) in [6.45, 7) is 5.12. The van der Waals surface area contributed by atoms with Gasteiger partial charge in [-0.05, 0) is 42.5 Å². The van der Waals surface area contributed by atoms with Crippen LogP contribution >= 0.6 is 15.9 Å². The summed E-state index contributed by atoms with van der Waals surface area (Å²) in [5.74, 6) is 0.595. The standard InChI is InChI=1S/C15H22BrNO2/c1-11(2)6-13(9-17)8-15(18)19-10-12-4-3-5-14(16)7-12/h3-5,7,11,13H,6,8-10,17H2,1-2H3/t13-/m0/s1. The van der Waals surface area contributed by atoms with Crippen molar-refractivity contribution in [2.45, 2.75) is 33.3 Å². The van der Waals surface area contributed by atoms with Gasteiger partial charge in [0.05, 0.1) is 0 Å². The topological polar surface area (TPSA) is 52.3 Å². The van der Waals surface area contributed by atoms with E-state index in [0.717, 1.165) is 16.5 Å². The molecule has 0 heterocycles. The van der Waals surface area contributed by atoms with Gasteiger partial charge in [0.1, 0.15) is 6.61 Å². The molecule has 0 spiro atoms. The van der Waals surface area contributed by atoms with Gasteiger partial charge in [0.25, 0.3) is 0 Å². The first-order chi connectivity index (χ1) is 9.01. The van der Waals surface area contributed by atoms with E-state index in [1.54, 1.807) is 0 Å². The van der Waals surface area contributed by atoms with Crippen LogP contribution in [0.5, 0.6) is 0 Å². The quantitative estimate of drug-likeness (QED) is 0.780. The van der Waals surface area contributed by atoms with Crippen LogP contribution in [-0.2, 0) is 16.1 Å². The summed E-state index contributed by atoms with van der Waals surface area (Å²) < 4.78 is 6.27. The van der Waals surface area contributed by atoms with Crippen molar-refractivity contribution in [2.75, 3.05) is 6.54 Å². The number of hydrogen-bond acceptors (Lipinski definition) is 3. The molecule has 1 atom stereocenters. The lowest BCUT2D eigenvalue weighted by Crippen LogP contribution is -2.21. The third-order valence-corrected chi connectivity index (χ3v) is 3.38. The lowest BCUT2D eigenvalue weighted by atomic mass is 9.94. The van der Waals surface area contributed by atoms with Gasteiger partial charge in [-0.1, -0.05) is 41.9 Å². The summed E-state index contributed by atoms with van der Waals surface area (Å²) >= 11 is 3.39. The lowest BCUT2D eigenvalue weighted by Gasteiger charge is -2.16. The predicted molar refractivity (Wildman–Crippen MR) is 80.6 cm³/mol. The minimum atomic E-state index is -0.170. The van der Waals surface area contributed by atoms with Crippen LogP contribution in [0.1, 0.15) is 32.3 Å². The molecule has 0 aliphatic carbocycles. The fourth-order valence-electron chi connectivity index (χ4n) is 2.01. The lowest BCUT2D eigenvalue weighted by molar-refractivity contribution is -0.146. The van der Waals surface area contributed by atoms with Crippen molar-refractivity contribution in [3.63, 3.8) is 0 Å². The molecule has 1 aromatic carbocycles. The SMILES string of the molecule is CC(C)C[C@H](CN)CC(=O)OCc1cccc(Br)c1. The Kier molecular flexibility index (Phi) is 7.10. The van der Waals surface area contributed by atoms with Gasteiger partial charge in [-0.25, -0.2) is 0 Å². The van der Waals surface area contributed by atoms with Crippen LogP contribution < -0.4 is 5.73 Å². The molecule has 0 saturated carbocycles. The first-order valence-electron chi connectivity index (χ1n) is 6.61. The maximum Gasteiger partial charge on any atom is 0.306 e. The highest BCUT2D eigenvalue weighted by molar-refractivity contribution is 9.10. The van der Waals surface area contributed by atoms with Crippen molar-refractivity contribution < 1.29 is 9.53 Å². The minimum Gasteiger partial charge on any atom is -0.461 e. The van der Waals surface area contributed by atoms with Crippen LogP contribution in [0.3, 0.4) is 0 Å². The monoisotopic (exact) mass is 327 g/mol. The Balaban J connectivity index is 2.38. The molecule has 0 amide bonds. The van der Waals surface area contributed by atoms with E-state index in [1.165, 1.54) is 0 Å². The van der Waals surface area contributed by atoms with E-state index in [9.17, 15) is 4.79 Å². The van der Waals surface area contributed by atoms with Crippen LogP contribution in [-0.4, -0.2) is 12.5 Å². The van der Waals surface area contributed by atoms with Crippen LogP contribution in [0, 0.1) is 11.8 Å². The second-order valence-corrected chi connectivity index (χ2v) is 6.14. The molecule has 0 radical (unpaired) electrons. The highest BCUT2D eigenvalue weighted by atomic mass is 79.9. The number of carbonyl (C=O) groups excluding carboxylic acids is 1. The number of rotatable bonds is 7. The first kappa shape index (κ1) is 16.2. The number of halogens is 1. The fraction of sp³-hybridized carbons (Fsp3) is 0.533. The van der Waals surface area contributed by atoms with Gasteiger partial charge in [0.15, 0.2) is 0 Å². The van der Waals surface area contributed by atoms with Crippen LogP contribution in [0.4, 0.5) is 0 Å². The van der Waals surface area contributed by atoms with Crippen molar-refractivity contribution in [1.82, 2.24) is 0 Å². The Morgan fingerprint density at radius 3 is 2.74 bits per heavy atom. The van der Waals surface area contributed by atoms with Crippen LogP contribution in [0.15, 0.2) is 28.7 Å². The van der Waals surface area contributed by atoms with E-state index in [4.69, 9.17) is 10.5 Å².